The highest BCUT2D eigenvalue weighted by Crippen LogP contribution is 2.41. The van der Waals surface area contributed by atoms with Gasteiger partial charge >= 0.3 is 0 Å². The van der Waals surface area contributed by atoms with E-state index < -0.39 is 6.04 Å². The molecule has 3 aromatic carbocycles. The minimum atomic E-state index is -0.411. The Bertz CT molecular complexity index is 1630. The molecule has 4 nitrogen and oxygen atoms in total. The van der Waals surface area contributed by atoms with Gasteiger partial charge in [-0.3, -0.25) is 9.36 Å². The summed E-state index contributed by atoms with van der Waals surface area (Å²) in [6, 6.07) is 21.1. The molecule has 33 heavy (non-hydrogen) atoms. The van der Waals surface area contributed by atoms with Crippen LogP contribution in [0.3, 0.4) is 0 Å². The van der Waals surface area contributed by atoms with Crippen LogP contribution in [-0.4, -0.2) is 9.67 Å². The molecule has 1 aliphatic heterocycles. The maximum absolute atomic E-state index is 14.2. The van der Waals surface area contributed by atoms with Crippen LogP contribution in [0.1, 0.15) is 34.7 Å². The molecule has 0 unspecified atom stereocenters. The number of allylic oxidation sites excluding steroid dienone is 1. The number of phenolic OH excluding ortho intramolecular Hbond substituents is 1. The van der Waals surface area contributed by atoms with Gasteiger partial charge in [-0.15, -0.1) is 0 Å². The van der Waals surface area contributed by atoms with E-state index in [0.29, 0.717) is 9.33 Å². The number of rotatable bonds is 2. The molecule has 0 saturated carbocycles. The van der Waals surface area contributed by atoms with Crippen molar-refractivity contribution in [2.45, 2.75) is 18.9 Å². The Morgan fingerprint density at radius 2 is 1.88 bits per heavy atom. The first-order chi connectivity index (χ1) is 16.1. The molecule has 162 valence electrons. The van der Waals surface area contributed by atoms with Crippen LogP contribution in [0.15, 0.2) is 88.2 Å². The average Bonchev–Trinajstić information content (AvgIpc) is 3.12. The third-order valence-corrected chi connectivity index (χ3v) is 7.19. The van der Waals surface area contributed by atoms with Gasteiger partial charge in [-0.2, -0.15) is 0 Å². The van der Waals surface area contributed by atoms with Gasteiger partial charge in [-0.25, -0.2) is 9.38 Å². The summed E-state index contributed by atoms with van der Waals surface area (Å²) in [5.74, 6) is -0.189. The second-order valence-electron chi connectivity index (χ2n) is 8.26. The summed E-state index contributed by atoms with van der Waals surface area (Å²) in [5, 5.41) is 9.81. The lowest BCUT2D eigenvalue weighted by Crippen LogP contribution is -2.38. The zero-order valence-corrected chi connectivity index (χ0v) is 18.3. The van der Waals surface area contributed by atoms with Gasteiger partial charge in [0.2, 0.25) is 0 Å². The number of aromatic nitrogens is 1. The second kappa shape index (κ2) is 7.67. The van der Waals surface area contributed by atoms with Gasteiger partial charge in [-0.05, 0) is 65.4 Å². The smallest absolute Gasteiger partial charge is 0.271 e. The number of nitrogens with zero attached hydrogens (tertiary/aromatic N) is 2. The molecule has 1 aromatic heterocycles. The van der Waals surface area contributed by atoms with Crippen molar-refractivity contribution in [3.05, 3.63) is 126 Å². The van der Waals surface area contributed by atoms with Crippen molar-refractivity contribution in [3.63, 3.8) is 0 Å². The number of aryl methyl sites for hydroxylation is 1. The molecular formula is C27H19FN2O2S. The maximum atomic E-state index is 14.2. The van der Waals surface area contributed by atoms with E-state index in [1.54, 1.807) is 34.9 Å². The number of phenols is 1. The molecule has 2 aliphatic rings. The molecule has 0 radical (unpaired) electrons. The number of aromatic hydroxyl groups is 1. The molecule has 1 atom stereocenters. The predicted octanol–water partition coefficient (Wildman–Crippen LogP) is 4.16. The van der Waals surface area contributed by atoms with Crippen LogP contribution >= 0.6 is 11.3 Å². The van der Waals surface area contributed by atoms with Crippen LogP contribution in [0.2, 0.25) is 0 Å². The number of benzene rings is 3. The van der Waals surface area contributed by atoms with Crippen LogP contribution in [0.4, 0.5) is 4.39 Å². The lowest BCUT2D eigenvalue weighted by Gasteiger charge is -2.30. The zero-order valence-electron chi connectivity index (χ0n) is 17.5. The summed E-state index contributed by atoms with van der Waals surface area (Å²) >= 11 is 1.31. The molecule has 0 saturated heterocycles. The maximum Gasteiger partial charge on any atom is 0.271 e. The fourth-order valence-corrected chi connectivity index (χ4v) is 5.77. The van der Waals surface area contributed by atoms with Crippen LogP contribution in [0.25, 0.3) is 11.8 Å². The van der Waals surface area contributed by atoms with Crippen LogP contribution in [0.5, 0.6) is 5.75 Å². The molecular weight excluding hydrogens is 435 g/mol. The summed E-state index contributed by atoms with van der Waals surface area (Å²) in [6.45, 7) is 0. The SMILES string of the molecule is O=c1/c(=C/c2cccc(O)c2)sc2n1[C@H](c1cccc(F)c1)C1=C(N=2)c2ccccc2CC1. The van der Waals surface area contributed by atoms with Crippen molar-refractivity contribution in [2.75, 3.05) is 0 Å². The van der Waals surface area contributed by atoms with Crippen LogP contribution < -0.4 is 14.9 Å². The molecule has 1 N–H and O–H groups in total. The summed E-state index contributed by atoms with van der Waals surface area (Å²) in [4.78, 5) is 19.1. The van der Waals surface area contributed by atoms with Crippen molar-refractivity contribution in [1.82, 2.24) is 4.57 Å². The Morgan fingerprint density at radius 3 is 2.73 bits per heavy atom. The molecule has 0 spiro atoms. The first kappa shape index (κ1) is 19.9. The average molecular weight is 455 g/mol. The highest BCUT2D eigenvalue weighted by Gasteiger charge is 2.32. The van der Waals surface area contributed by atoms with E-state index >= 15 is 0 Å². The number of hydrogen-bond donors (Lipinski definition) is 1. The molecule has 0 amide bonds. The van der Waals surface area contributed by atoms with E-state index in [4.69, 9.17) is 4.99 Å². The van der Waals surface area contributed by atoms with Gasteiger partial charge in [-0.1, -0.05) is 59.9 Å². The molecule has 6 rings (SSSR count). The summed E-state index contributed by atoms with van der Waals surface area (Å²) in [6.07, 6.45) is 3.38. The lowest BCUT2D eigenvalue weighted by atomic mass is 9.83. The minimum Gasteiger partial charge on any atom is -0.508 e. The van der Waals surface area contributed by atoms with Crippen LogP contribution in [0, 0.1) is 5.82 Å². The van der Waals surface area contributed by atoms with Crippen LogP contribution in [-0.2, 0) is 6.42 Å². The largest absolute Gasteiger partial charge is 0.508 e. The normalized spacial score (nSPS) is 17.2. The van der Waals surface area contributed by atoms with E-state index in [-0.39, 0.29) is 17.1 Å². The van der Waals surface area contributed by atoms with E-state index in [1.165, 1.54) is 29.0 Å². The number of hydrogen-bond acceptors (Lipinski definition) is 4. The van der Waals surface area contributed by atoms with E-state index in [1.807, 2.05) is 24.3 Å². The Kier molecular flexibility index (Phi) is 4.62. The summed E-state index contributed by atoms with van der Waals surface area (Å²) < 4.78 is 16.5. The Balaban J connectivity index is 1.64. The zero-order chi connectivity index (χ0) is 22.5. The van der Waals surface area contributed by atoms with E-state index in [2.05, 4.69) is 12.1 Å². The molecule has 6 heteroatoms. The first-order valence-corrected chi connectivity index (χ1v) is 11.6. The number of fused-ring (bicyclic) bond motifs is 3. The van der Waals surface area contributed by atoms with Crippen molar-refractivity contribution >= 4 is 23.1 Å². The molecule has 0 bridgehead atoms. The fraction of sp³-hybridized carbons (Fsp3) is 0.111. The summed E-state index contributed by atoms with van der Waals surface area (Å²) in [5.41, 5.74) is 5.54. The molecule has 0 fully saturated rings. The molecule has 2 heterocycles. The van der Waals surface area contributed by atoms with E-state index in [9.17, 15) is 14.3 Å². The van der Waals surface area contributed by atoms with Gasteiger partial charge in [0.05, 0.1) is 16.3 Å². The predicted molar refractivity (Wildman–Crippen MR) is 127 cm³/mol. The number of halogens is 1. The van der Waals surface area contributed by atoms with Gasteiger partial charge in [0.15, 0.2) is 4.80 Å². The lowest BCUT2D eigenvalue weighted by molar-refractivity contribution is 0.475. The van der Waals surface area contributed by atoms with Crippen molar-refractivity contribution in [1.29, 1.82) is 0 Å². The van der Waals surface area contributed by atoms with E-state index in [0.717, 1.165) is 40.8 Å². The standard InChI is InChI=1S/C27H19FN2O2S/c28-19-8-4-7-18(15-19)25-22-12-11-17-6-1-2-10-21(17)24(22)29-27-30(25)26(32)23(33-27)14-16-5-3-9-20(31)13-16/h1-10,13-15,25,31H,11-12H2/b23-14-/t25-/m1/s1. The number of thiazole rings is 1. The molecule has 1 aliphatic carbocycles. The quantitative estimate of drug-likeness (QED) is 0.495. The third-order valence-electron chi connectivity index (χ3n) is 6.21. The monoisotopic (exact) mass is 454 g/mol. The van der Waals surface area contributed by atoms with Gasteiger partial charge < -0.3 is 5.11 Å². The Labute approximate surface area is 192 Å². The van der Waals surface area contributed by atoms with Crippen molar-refractivity contribution in [2.24, 2.45) is 4.99 Å². The van der Waals surface area contributed by atoms with Crippen molar-refractivity contribution in [3.8, 4) is 5.75 Å². The van der Waals surface area contributed by atoms with Gasteiger partial charge in [0.1, 0.15) is 11.6 Å². The highest BCUT2D eigenvalue weighted by atomic mass is 32.1. The summed E-state index contributed by atoms with van der Waals surface area (Å²) in [7, 11) is 0. The second-order valence-corrected chi connectivity index (χ2v) is 9.27. The topological polar surface area (TPSA) is 54.6 Å². The first-order valence-electron chi connectivity index (χ1n) is 10.8. The fourth-order valence-electron chi connectivity index (χ4n) is 4.76. The highest BCUT2D eigenvalue weighted by molar-refractivity contribution is 7.07. The molecule has 4 aromatic rings. The van der Waals surface area contributed by atoms with Gasteiger partial charge in [0.25, 0.3) is 5.56 Å². The van der Waals surface area contributed by atoms with Gasteiger partial charge in [0, 0.05) is 5.56 Å². The van der Waals surface area contributed by atoms with Crippen molar-refractivity contribution < 1.29 is 9.50 Å². The minimum absolute atomic E-state index is 0.140. The third kappa shape index (κ3) is 3.34. The Morgan fingerprint density at radius 1 is 1.03 bits per heavy atom. The Hall–Kier alpha value is -3.77.